The molecule has 0 aromatic carbocycles. The molecule has 0 amide bonds. The molecule has 1 aliphatic rings. The smallest absolute Gasteiger partial charge is 0.343 e. The van der Waals surface area contributed by atoms with Gasteiger partial charge >= 0.3 is 5.97 Å². The number of esters is 1. The second kappa shape index (κ2) is 5.94. The Morgan fingerprint density at radius 3 is 3.11 bits per heavy atom. The second-order valence-corrected chi connectivity index (χ2v) is 4.37. The number of hydrogen-bond donors (Lipinski definition) is 1. The van der Waals surface area contributed by atoms with E-state index in [1.165, 1.54) is 6.20 Å². The molecule has 1 fully saturated rings. The third kappa shape index (κ3) is 3.18. The molecule has 104 valence electrons. The van der Waals surface area contributed by atoms with Crippen LogP contribution in [0, 0.1) is 0 Å². The van der Waals surface area contributed by atoms with Crippen molar-refractivity contribution in [3.8, 4) is 0 Å². The summed E-state index contributed by atoms with van der Waals surface area (Å²) >= 11 is 0. The minimum Gasteiger partial charge on any atom is -0.462 e. The van der Waals surface area contributed by atoms with E-state index in [0.29, 0.717) is 19.0 Å². The lowest BCUT2D eigenvalue weighted by atomic mass is 10.2. The van der Waals surface area contributed by atoms with E-state index in [9.17, 15) is 4.79 Å². The van der Waals surface area contributed by atoms with Gasteiger partial charge in [0.1, 0.15) is 17.5 Å². The van der Waals surface area contributed by atoms with Gasteiger partial charge in [-0.1, -0.05) is 0 Å². The standard InChI is InChI=1S/C12H18N4O3/c1-3-18-12(17)8-6-14-11(15-10(8)13)9-7-16(2)4-5-19-9/h6,9H,3-5,7H2,1-2H3,(H2,13,14,15). The highest BCUT2D eigenvalue weighted by Crippen LogP contribution is 2.20. The molecule has 19 heavy (non-hydrogen) atoms. The molecule has 1 saturated heterocycles. The zero-order valence-electron chi connectivity index (χ0n) is 11.1. The largest absolute Gasteiger partial charge is 0.462 e. The molecule has 0 radical (unpaired) electrons. The number of rotatable bonds is 3. The molecular formula is C12H18N4O3. The third-order valence-corrected chi connectivity index (χ3v) is 2.89. The molecule has 1 unspecified atom stereocenters. The van der Waals surface area contributed by atoms with Crippen molar-refractivity contribution in [3.05, 3.63) is 17.6 Å². The minimum absolute atomic E-state index is 0.125. The van der Waals surface area contributed by atoms with Gasteiger partial charge in [-0.05, 0) is 14.0 Å². The Morgan fingerprint density at radius 1 is 1.68 bits per heavy atom. The summed E-state index contributed by atoms with van der Waals surface area (Å²) in [4.78, 5) is 22.0. The van der Waals surface area contributed by atoms with Gasteiger partial charge in [0.15, 0.2) is 5.82 Å². The summed E-state index contributed by atoms with van der Waals surface area (Å²) in [6, 6.07) is 0. The van der Waals surface area contributed by atoms with Crippen molar-refractivity contribution < 1.29 is 14.3 Å². The van der Waals surface area contributed by atoms with Crippen molar-refractivity contribution in [2.24, 2.45) is 0 Å². The van der Waals surface area contributed by atoms with E-state index < -0.39 is 5.97 Å². The van der Waals surface area contributed by atoms with E-state index in [2.05, 4.69) is 14.9 Å². The summed E-state index contributed by atoms with van der Waals surface area (Å²) in [5.74, 6) is 0.116. The molecule has 2 rings (SSSR count). The number of morpholine rings is 1. The number of carbonyl (C=O) groups excluding carboxylic acids is 1. The monoisotopic (exact) mass is 266 g/mol. The van der Waals surface area contributed by atoms with E-state index in [0.717, 1.165) is 6.54 Å². The average Bonchev–Trinajstić information content (AvgIpc) is 2.38. The molecule has 0 spiro atoms. The maximum atomic E-state index is 11.6. The molecule has 2 N–H and O–H groups in total. The first-order valence-electron chi connectivity index (χ1n) is 6.21. The summed E-state index contributed by atoms with van der Waals surface area (Å²) in [5.41, 5.74) is 5.96. The summed E-state index contributed by atoms with van der Waals surface area (Å²) in [6.45, 7) is 4.24. The van der Waals surface area contributed by atoms with E-state index in [-0.39, 0.29) is 24.1 Å². The number of anilines is 1. The number of nitrogens with two attached hydrogens (primary N) is 1. The van der Waals surface area contributed by atoms with Crippen LogP contribution >= 0.6 is 0 Å². The molecule has 1 aliphatic heterocycles. The summed E-state index contributed by atoms with van der Waals surface area (Å²) in [7, 11) is 2.01. The Morgan fingerprint density at radius 2 is 2.47 bits per heavy atom. The Kier molecular flexibility index (Phi) is 4.28. The van der Waals surface area contributed by atoms with Gasteiger partial charge in [-0.15, -0.1) is 0 Å². The molecule has 1 atom stereocenters. The van der Waals surface area contributed by atoms with E-state index in [1.807, 2.05) is 7.05 Å². The van der Waals surface area contributed by atoms with Crippen molar-refractivity contribution in [3.63, 3.8) is 0 Å². The summed E-state index contributed by atoms with van der Waals surface area (Å²) < 4.78 is 10.5. The van der Waals surface area contributed by atoms with Crippen molar-refractivity contribution >= 4 is 11.8 Å². The normalized spacial score (nSPS) is 20.2. The van der Waals surface area contributed by atoms with E-state index in [1.54, 1.807) is 6.92 Å². The second-order valence-electron chi connectivity index (χ2n) is 4.37. The predicted molar refractivity (Wildman–Crippen MR) is 68.6 cm³/mol. The molecule has 0 bridgehead atoms. The minimum atomic E-state index is -0.506. The molecule has 7 nitrogen and oxygen atoms in total. The van der Waals surface area contributed by atoms with Crippen LogP contribution in [0.1, 0.15) is 29.2 Å². The zero-order chi connectivity index (χ0) is 13.8. The fourth-order valence-electron chi connectivity index (χ4n) is 1.86. The number of nitrogen functional groups attached to an aromatic ring is 1. The van der Waals surface area contributed by atoms with Crippen LogP contribution in [-0.2, 0) is 9.47 Å². The van der Waals surface area contributed by atoms with Gasteiger partial charge in [-0.3, -0.25) is 0 Å². The fourth-order valence-corrected chi connectivity index (χ4v) is 1.86. The van der Waals surface area contributed by atoms with Crippen LogP contribution in [0.25, 0.3) is 0 Å². The van der Waals surface area contributed by atoms with Crippen LogP contribution < -0.4 is 5.73 Å². The van der Waals surface area contributed by atoms with Crippen LogP contribution in [0.15, 0.2) is 6.20 Å². The number of carbonyl (C=O) groups is 1. The number of nitrogens with zero attached hydrogens (tertiary/aromatic N) is 3. The maximum absolute atomic E-state index is 11.6. The first kappa shape index (κ1) is 13.7. The van der Waals surface area contributed by atoms with Crippen molar-refractivity contribution in [1.82, 2.24) is 14.9 Å². The number of hydrogen-bond acceptors (Lipinski definition) is 7. The Hall–Kier alpha value is -1.73. The molecule has 1 aromatic rings. The molecule has 7 heteroatoms. The first-order valence-corrected chi connectivity index (χ1v) is 6.21. The number of aromatic nitrogens is 2. The Labute approximate surface area is 111 Å². The molecule has 1 aromatic heterocycles. The zero-order valence-corrected chi connectivity index (χ0v) is 11.1. The molecule has 0 aliphatic carbocycles. The average molecular weight is 266 g/mol. The van der Waals surface area contributed by atoms with Crippen LogP contribution in [-0.4, -0.2) is 54.2 Å². The number of likely N-dealkylation sites (N-methyl/N-ethyl adjacent to an activating group) is 1. The molecule has 0 saturated carbocycles. The van der Waals surface area contributed by atoms with Crippen LogP contribution in [0.3, 0.4) is 0 Å². The lowest BCUT2D eigenvalue weighted by Gasteiger charge is -2.29. The highest BCUT2D eigenvalue weighted by Gasteiger charge is 2.23. The Balaban J connectivity index is 2.16. The SMILES string of the molecule is CCOC(=O)c1cnc(C2CN(C)CCO2)nc1N. The van der Waals surface area contributed by atoms with Gasteiger partial charge in [-0.25, -0.2) is 14.8 Å². The van der Waals surface area contributed by atoms with Crippen molar-refractivity contribution in [2.75, 3.05) is 39.1 Å². The van der Waals surface area contributed by atoms with Gasteiger partial charge in [0.25, 0.3) is 0 Å². The van der Waals surface area contributed by atoms with Gasteiger partial charge in [-0.2, -0.15) is 0 Å². The fraction of sp³-hybridized carbons (Fsp3) is 0.583. The lowest BCUT2D eigenvalue weighted by Crippen LogP contribution is -2.36. The van der Waals surface area contributed by atoms with Gasteiger partial charge in [0, 0.05) is 19.3 Å². The van der Waals surface area contributed by atoms with Crippen LogP contribution in [0.5, 0.6) is 0 Å². The van der Waals surface area contributed by atoms with E-state index >= 15 is 0 Å². The first-order chi connectivity index (χ1) is 9.11. The van der Waals surface area contributed by atoms with Gasteiger partial charge < -0.3 is 20.1 Å². The Bertz CT molecular complexity index is 466. The number of ether oxygens (including phenoxy) is 2. The van der Waals surface area contributed by atoms with Gasteiger partial charge in [0.05, 0.1) is 13.2 Å². The third-order valence-electron chi connectivity index (χ3n) is 2.89. The summed E-state index contributed by atoms with van der Waals surface area (Å²) in [6.07, 6.45) is 1.19. The molecular weight excluding hydrogens is 248 g/mol. The topological polar surface area (TPSA) is 90.6 Å². The van der Waals surface area contributed by atoms with Gasteiger partial charge in [0.2, 0.25) is 0 Å². The lowest BCUT2D eigenvalue weighted by molar-refractivity contribution is -0.0254. The van der Waals surface area contributed by atoms with Crippen LogP contribution in [0.2, 0.25) is 0 Å². The predicted octanol–water partition coefficient (Wildman–Crippen LogP) is 0.239. The van der Waals surface area contributed by atoms with Crippen molar-refractivity contribution in [2.45, 2.75) is 13.0 Å². The van der Waals surface area contributed by atoms with Crippen molar-refractivity contribution in [1.29, 1.82) is 0 Å². The quantitative estimate of drug-likeness (QED) is 0.783. The summed E-state index contributed by atoms with van der Waals surface area (Å²) in [5, 5.41) is 0. The highest BCUT2D eigenvalue weighted by molar-refractivity contribution is 5.93. The maximum Gasteiger partial charge on any atom is 0.343 e. The highest BCUT2D eigenvalue weighted by atomic mass is 16.5. The van der Waals surface area contributed by atoms with E-state index in [4.69, 9.17) is 15.2 Å². The molecule has 2 heterocycles. The van der Waals surface area contributed by atoms with Crippen LogP contribution in [0.4, 0.5) is 5.82 Å².